The van der Waals surface area contributed by atoms with Gasteiger partial charge >= 0.3 is 10.2 Å². The van der Waals surface area contributed by atoms with Gasteiger partial charge in [0.1, 0.15) is 0 Å². The van der Waals surface area contributed by atoms with Crippen LogP contribution in [-0.4, -0.2) is 43.7 Å². The van der Waals surface area contributed by atoms with E-state index in [0.29, 0.717) is 11.7 Å². The zero-order valence-corrected chi connectivity index (χ0v) is 10.9. The van der Waals surface area contributed by atoms with Crippen LogP contribution in [0.5, 0.6) is 5.88 Å². The summed E-state index contributed by atoms with van der Waals surface area (Å²) in [5.41, 5.74) is 0. The minimum Gasteiger partial charge on any atom is -0.480 e. The summed E-state index contributed by atoms with van der Waals surface area (Å²) in [5.74, 6) is -0.916. The van der Waals surface area contributed by atoms with Gasteiger partial charge in [0.2, 0.25) is 11.8 Å². The maximum absolute atomic E-state index is 12.6. The highest BCUT2D eigenvalue weighted by Gasteiger charge is 2.34. The highest BCUT2D eigenvalue weighted by atomic mass is 32.3. The molecule has 7 nitrogen and oxygen atoms in total. The van der Waals surface area contributed by atoms with Crippen LogP contribution < -0.4 is 9.64 Å². The number of anilines is 1. The molecule has 1 aliphatic rings. The van der Waals surface area contributed by atoms with Gasteiger partial charge in [0.05, 0.1) is 25.3 Å². The van der Waals surface area contributed by atoms with Crippen molar-refractivity contribution in [3.8, 4) is 5.88 Å². The molecule has 1 aromatic heterocycles. The Labute approximate surface area is 109 Å². The maximum Gasteiger partial charge on any atom is 0.302 e. The maximum atomic E-state index is 12.6. The first-order chi connectivity index (χ1) is 8.89. The Morgan fingerprint density at radius 3 is 2.74 bits per heavy atom. The number of nitrogens with zero attached hydrogens (tertiary/aromatic N) is 3. The first-order valence-electron chi connectivity index (χ1n) is 5.48. The number of methoxy groups -OCH3 is 1. The van der Waals surface area contributed by atoms with Gasteiger partial charge < -0.3 is 4.74 Å². The molecule has 0 bridgehead atoms. The summed E-state index contributed by atoms with van der Waals surface area (Å²) < 4.78 is 38.6. The minimum atomic E-state index is -4.58. The second-order valence-electron chi connectivity index (χ2n) is 4.20. The molecule has 1 aliphatic heterocycles. The Morgan fingerprint density at radius 2 is 2.21 bits per heavy atom. The van der Waals surface area contributed by atoms with Crippen LogP contribution in [0.2, 0.25) is 0 Å². The fourth-order valence-electron chi connectivity index (χ4n) is 1.95. The number of aromatic nitrogens is 2. The molecule has 2 rings (SSSR count). The number of amides is 1. The van der Waals surface area contributed by atoms with E-state index in [0.717, 1.165) is 0 Å². The molecule has 0 radical (unpaired) electrons. The van der Waals surface area contributed by atoms with Gasteiger partial charge in [-0.3, -0.25) is 9.69 Å². The monoisotopic (exact) mass is 289 g/mol. The van der Waals surface area contributed by atoms with E-state index in [-0.39, 0.29) is 18.9 Å². The number of carbonyl (C=O) groups excluding carboxylic acids is 1. The number of rotatable bonds is 4. The molecule has 1 saturated heterocycles. The smallest absolute Gasteiger partial charge is 0.302 e. The van der Waals surface area contributed by atoms with Gasteiger partial charge in [-0.2, -0.15) is 8.42 Å². The highest BCUT2D eigenvalue weighted by molar-refractivity contribution is 7.86. The largest absolute Gasteiger partial charge is 0.480 e. The Balaban J connectivity index is 2.11. The summed E-state index contributed by atoms with van der Waals surface area (Å²) in [6, 6.07) is 0. The predicted molar refractivity (Wildman–Crippen MR) is 63.9 cm³/mol. The SMILES string of the molecule is COc1cnc(N2CC(CS(=O)(=O)F)CC2=O)cn1. The van der Waals surface area contributed by atoms with E-state index < -0.39 is 21.9 Å². The van der Waals surface area contributed by atoms with Gasteiger partial charge in [-0.1, -0.05) is 0 Å². The Hall–Kier alpha value is -1.77. The van der Waals surface area contributed by atoms with Crippen LogP contribution in [0.4, 0.5) is 9.70 Å². The normalized spacial score (nSPS) is 19.8. The van der Waals surface area contributed by atoms with Crippen molar-refractivity contribution in [2.75, 3.05) is 24.3 Å². The van der Waals surface area contributed by atoms with Gasteiger partial charge in [0.25, 0.3) is 0 Å². The molecule has 1 unspecified atom stereocenters. The summed E-state index contributed by atoms with van der Waals surface area (Å²) in [6.07, 6.45) is 2.68. The van der Waals surface area contributed by atoms with E-state index in [1.165, 1.54) is 24.4 Å². The molecule has 0 saturated carbocycles. The molecule has 1 atom stereocenters. The standard InChI is InChI=1S/C10H12FN3O4S/c1-18-9-4-12-8(3-13-9)14-5-7(2-10(14)15)6-19(11,16)17/h3-4,7H,2,5-6H2,1H3. The summed E-state index contributed by atoms with van der Waals surface area (Å²) in [5, 5.41) is 0. The predicted octanol–water partition coefficient (Wildman–Crippen LogP) is 0.137. The topological polar surface area (TPSA) is 89.5 Å². The van der Waals surface area contributed by atoms with Crippen molar-refractivity contribution in [2.45, 2.75) is 6.42 Å². The van der Waals surface area contributed by atoms with Gasteiger partial charge in [0.15, 0.2) is 5.82 Å². The zero-order chi connectivity index (χ0) is 14.0. The van der Waals surface area contributed by atoms with Crippen molar-refractivity contribution < 1.29 is 21.8 Å². The molecule has 1 fully saturated rings. The van der Waals surface area contributed by atoms with Crippen LogP contribution in [0.1, 0.15) is 6.42 Å². The summed E-state index contributed by atoms with van der Waals surface area (Å²) in [4.78, 5) is 20.9. The number of carbonyl (C=O) groups is 1. The van der Waals surface area contributed by atoms with E-state index in [4.69, 9.17) is 4.74 Å². The number of halogens is 1. The van der Waals surface area contributed by atoms with E-state index in [2.05, 4.69) is 9.97 Å². The second kappa shape index (κ2) is 5.08. The third kappa shape index (κ3) is 3.37. The molecule has 2 heterocycles. The van der Waals surface area contributed by atoms with Gasteiger partial charge in [0, 0.05) is 18.9 Å². The molecule has 19 heavy (non-hydrogen) atoms. The van der Waals surface area contributed by atoms with Crippen LogP contribution in [0.25, 0.3) is 0 Å². The second-order valence-corrected chi connectivity index (χ2v) is 5.61. The third-order valence-electron chi connectivity index (χ3n) is 2.74. The van der Waals surface area contributed by atoms with Crippen molar-refractivity contribution in [1.82, 2.24) is 9.97 Å². The fraction of sp³-hybridized carbons (Fsp3) is 0.500. The molecule has 1 aromatic rings. The molecule has 0 spiro atoms. The summed E-state index contributed by atoms with van der Waals surface area (Å²) in [6.45, 7) is 0.114. The molecular formula is C10H12FN3O4S. The lowest BCUT2D eigenvalue weighted by atomic mass is 10.1. The highest BCUT2D eigenvalue weighted by Crippen LogP contribution is 2.24. The Kier molecular flexibility index (Phi) is 3.65. The minimum absolute atomic E-state index is 0.0170. The van der Waals surface area contributed by atoms with E-state index >= 15 is 0 Å². The van der Waals surface area contributed by atoms with E-state index in [1.807, 2.05) is 0 Å². The number of hydrogen-bond acceptors (Lipinski definition) is 6. The molecule has 0 N–H and O–H groups in total. The number of hydrogen-bond donors (Lipinski definition) is 0. The lowest BCUT2D eigenvalue weighted by Crippen LogP contribution is -2.26. The Morgan fingerprint density at radius 1 is 1.47 bits per heavy atom. The van der Waals surface area contributed by atoms with Crippen molar-refractivity contribution in [3.63, 3.8) is 0 Å². The molecule has 104 valence electrons. The quantitative estimate of drug-likeness (QED) is 0.732. The number of ether oxygens (including phenoxy) is 1. The fourth-order valence-corrected chi connectivity index (χ4v) is 2.74. The van der Waals surface area contributed by atoms with Crippen molar-refractivity contribution >= 4 is 21.9 Å². The van der Waals surface area contributed by atoms with Gasteiger partial charge in [-0.05, 0) is 0 Å². The van der Waals surface area contributed by atoms with Crippen molar-refractivity contribution in [2.24, 2.45) is 5.92 Å². The molecule has 1 amide bonds. The molecule has 9 heteroatoms. The van der Waals surface area contributed by atoms with Crippen molar-refractivity contribution in [1.29, 1.82) is 0 Å². The van der Waals surface area contributed by atoms with Gasteiger partial charge in [-0.25, -0.2) is 9.97 Å². The van der Waals surface area contributed by atoms with Crippen LogP contribution >= 0.6 is 0 Å². The average Bonchev–Trinajstić information content (AvgIpc) is 2.68. The van der Waals surface area contributed by atoms with Crippen molar-refractivity contribution in [3.05, 3.63) is 12.4 Å². The molecule has 0 aromatic carbocycles. The lowest BCUT2D eigenvalue weighted by molar-refractivity contribution is -0.117. The third-order valence-corrected chi connectivity index (χ3v) is 3.61. The van der Waals surface area contributed by atoms with E-state index in [9.17, 15) is 17.1 Å². The van der Waals surface area contributed by atoms with E-state index in [1.54, 1.807) is 0 Å². The summed E-state index contributed by atoms with van der Waals surface area (Å²) >= 11 is 0. The van der Waals surface area contributed by atoms with Crippen LogP contribution in [0.15, 0.2) is 12.4 Å². The first kappa shape index (κ1) is 13.7. The molecular weight excluding hydrogens is 277 g/mol. The Bertz CT molecular complexity index is 575. The zero-order valence-electron chi connectivity index (χ0n) is 10.1. The van der Waals surface area contributed by atoms with Crippen LogP contribution in [-0.2, 0) is 15.0 Å². The molecule has 0 aliphatic carbocycles. The summed E-state index contributed by atoms with van der Waals surface area (Å²) in [7, 11) is -3.14. The average molecular weight is 289 g/mol. The van der Waals surface area contributed by atoms with Crippen LogP contribution in [0, 0.1) is 5.92 Å². The lowest BCUT2D eigenvalue weighted by Gasteiger charge is -2.14. The van der Waals surface area contributed by atoms with Crippen LogP contribution in [0.3, 0.4) is 0 Å². The first-order valence-corrected chi connectivity index (χ1v) is 7.03. The van der Waals surface area contributed by atoms with Gasteiger partial charge in [-0.15, -0.1) is 3.89 Å².